The molecule has 0 amide bonds. The number of aromatic amines is 2. The third-order valence-corrected chi connectivity index (χ3v) is 13.9. The number of benzene rings is 4. The zero-order valence-electron chi connectivity index (χ0n) is 39.1. The molecule has 24 nitrogen and oxygen atoms in total. The SMILES string of the molecule is CO[C@@H]1O[C@H](Cn2cc(-c3cc4c5nc6nc(nc7[nH]c(nc8nc(nc([nH]5)c4cc3-c3cn(C[C@H]4O[C@@H](OC)[C@H](O)[C@@H](O)[C@@H]4O)nn3)-c3ccccc3-8)c3ccccc73)-c3ccccc3-6)nn2)[C@@H](O)[C@H](O)[C@H]1O. The van der Waals surface area contributed by atoms with E-state index >= 15 is 0 Å². The van der Waals surface area contributed by atoms with E-state index in [-0.39, 0.29) is 13.1 Å². The number of aliphatic hydroxyl groups excluding tert-OH is 6. The van der Waals surface area contributed by atoms with Crippen LogP contribution in [0.15, 0.2) is 97.3 Å². The zero-order valence-corrected chi connectivity index (χ0v) is 39.1. The van der Waals surface area contributed by atoms with Gasteiger partial charge < -0.3 is 59.6 Å². The highest BCUT2D eigenvalue weighted by molar-refractivity contribution is 6.10. The second-order valence-electron chi connectivity index (χ2n) is 18.3. The molecule has 2 saturated heterocycles. The molecular weight excluding hydrogens is 957 g/mol. The van der Waals surface area contributed by atoms with Crippen molar-refractivity contribution in [2.75, 3.05) is 14.2 Å². The van der Waals surface area contributed by atoms with Crippen LogP contribution in [0.4, 0.5) is 0 Å². The van der Waals surface area contributed by atoms with E-state index in [1.165, 1.54) is 23.6 Å². The van der Waals surface area contributed by atoms with Crippen molar-refractivity contribution >= 4 is 44.1 Å². The van der Waals surface area contributed by atoms with Gasteiger partial charge in [0.1, 0.15) is 82.8 Å². The standard InChI is InChI=1S/C50H44N14O10/c1-71-49-39(69)37(67)35(65)33(73-49)19-63-17-31(59-61-63)27-15-29-30(16-28(27)32-18-64(62-60-32)20-34-36(66)38(68)40(70)50(72-2)74-34)48-57-46-26-14-8-6-12-24(26)44(55-46)53-42-22-10-4-3-9-21(22)41(51-42)52-43-23-11-5-7-13-25(23)45(54-43)56-47(29)58-48/h3-18,33-40,49-50,65-70H,19-20H2,1-2H3,(H2,51,52,53,54,55,56,57,58)/t33-,34-,35-,36-,37+,38+,39-,40-,49-,50-/m1/s1. The molecule has 5 aromatic heterocycles. The van der Waals surface area contributed by atoms with Crippen molar-refractivity contribution in [3.63, 3.8) is 0 Å². The smallest absolute Gasteiger partial charge is 0.186 e. The van der Waals surface area contributed by atoms with E-state index in [4.69, 9.17) is 48.9 Å². The molecule has 0 radical (unpaired) electrons. The van der Waals surface area contributed by atoms with E-state index in [0.717, 1.165) is 33.0 Å². The molecule has 0 spiro atoms. The number of H-pyrrole nitrogens is 2. The molecule has 13 rings (SSSR count). The number of nitrogens with one attached hydrogen (secondary N) is 2. The zero-order chi connectivity index (χ0) is 50.5. The monoisotopic (exact) mass is 1000 g/mol. The summed E-state index contributed by atoms with van der Waals surface area (Å²) in [4.78, 5) is 37.6. The van der Waals surface area contributed by atoms with E-state index in [1.807, 2.05) is 84.9 Å². The van der Waals surface area contributed by atoms with Crippen LogP contribution in [0.3, 0.4) is 0 Å². The molecular formula is C50H44N14O10. The number of nitrogens with zero attached hydrogens (tertiary/aromatic N) is 12. The topological polar surface area (TPSA) is 329 Å². The molecule has 10 atom stereocenters. The molecule has 4 aromatic carbocycles. The van der Waals surface area contributed by atoms with Crippen molar-refractivity contribution in [1.29, 1.82) is 0 Å². The van der Waals surface area contributed by atoms with Gasteiger partial charge in [-0.3, -0.25) is 0 Å². The van der Waals surface area contributed by atoms with Crippen LogP contribution < -0.4 is 0 Å². The largest absolute Gasteiger partial charge is 0.388 e. The third kappa shape index (κ3) is 7.62. The van der Waals surface area contributed by atoms with Crippen LogP contribution in [0, 0.1) is 0 Å². The predicted octanol–water partition coefficient (Wildman–Crippen LogP) is 2.29. The molecule has 2 fully saturated rings. The first kappa shape index (κ1) is 45.9. The lowest BCUT2D eigenvalue weighted by molar-refractivity contribution is -0.292. The summed E-state index contributed by atoms with van der Waals surface area (Å²) in [7, 11) is 2.64. The van der Waals surface area contributed by atoms with E-state index in [1.54, 1.807) is 12.4 Å². The van der Waals surface area contributed by atoms with Gasteiger partial charge in [-0.15, -0.1) is 10.2 Å². The van der Waals surface area contributed by atoms with Crippen LogP contribution in [-0.2, 0) is 32.0 Å². The van der Waals surface area contributed by atoms with Crippen LogP contribution in [-0.4, -0.2) is 176 Å². The Hall–Kier alpha value is -7.88. The fourth-order valence-corrected chi connectivity index (χ4v) is 10.0. The lowest BCUT2D eigenvalue weighted by atomic mass is 9.98. The highest BCUT2D eigenvalue weighted by Gasteiger charge is 2.45. The Morgan fingerprint density at radius 1 is 0.446 bits per heavy atom. The van der Waals surface area contributed by atoms with Crippen molar-refractivity contribution in [1.82, 2.24) is 69.9 Å². The molecule has 74 heavy (non-hydrogen) atoms. The minimum atomic E-state index is -1.56. The second kappa shape index (κ2) is 18.0. The lowest BCUT2D eigenvalue weighted by Gasteiger charge is -2.39. The van der Waals surface area contributed by atoms with Crippen molar-refractivity contribution in [3.05, 3.63) is 97.3 Å². The van der Waals surface area contributed by atoms with E-state index in [9.17, 15) is 30.6 Å². The van der Waals surface area contributed by atoms with Gasteiger partial charge in [-0.2, -0.15) is 0 Å². The summed E-state index contributed by atoms with van der Waals surface area (Å²) in [6, 6.07) is 27.0. The number of hydrogen-bond acceptors (Lipinski definition) is 20. The maximum Gasteiger partial charge on any atom is 0.186 e. The number of fused-ring (bicyclic) bond motifs is 20. The number of ether oxygens (including phenoxy) is 4. The highest BCUT2D eigenvalue weighted by atomic mass is 16.7. The Bertz CT molecular complexity index is 3600. The Kier molecular flexibility index (Phi) is 11.1. The van der Waals surface area contributed by atoms with Gasteiger partial charge in [0.15, 0.2) is 35.9 Å². The molecule has 374 valence electrons. The fourth-order valence-electron chi connectivity index (χ4n) is 10.0. The predicted molar refractivity (Wildman–Crippen MR) is 261 cm³/mol. The van der Waals surface area contributed by atoms with Gasteiger partial charge in [-0.25, -0.2) is 39.3 Å². The minimum Gasteiger partial charge on any atom is -0.388 e. The van der Waals surface area contributed by atoms with Gasteiger partial charge in [-0.05, 0) is 12.1 Å². The summed E-state index contributed by atoms with van der Waals surface area (Å²) >= 11 is 0. The van der Waals surface area contributed by atoms with Gasteiger partial charge in [0.25, 0.3) is 0 Å². The first-order chi connectivity index (χ1) is 36.0. The average Bonchev–Trinajstić information content (AvgIpc) is 4.30. The minimum absolute atomic E-state index is 0.0937. The average molecular weight is 1000 g/mol. The first-order valence-corrected chi connectivity index (χ1v) is 23.6. The van der Waals surface area contributed by atoms with Crippen LogP contribution in [0.25, 0.3) is 112 Å². The third-order valence-electron chi connectivity index (χ3n) is 13.9. The maximum atomic E-state index is 10.9. The first-order valence-electron chi connectivity index (χ1n) is 23.6. The number of hydrogen-bond donors (Lipinski definition) is 8. The van der Waals surface area contributed by atoms with Crippen LogP contribution >= 0.6 is 0 Å². The van der Waals surface area contributed by atoms with Gasteiger partial charge in [0.2, 0.25) is 0 Å². The van der Waals surface area contributed by atoms with Gasteiger partial charge in [0, 0.05) is 69.1 Å². The van der Waals surface area contributed by atoms with Crippen molar-refractivity contribution in [3.8, 4) is 68.1 Å². The number of aliphatic hydroxyl groups is 6. The number of methoxy groups -OCH3 is 2. The normalized spacial score (nSPS) is 24.6. The Balaban J connectivity index is 1.03. The molecule has 0 saturated carbocycles. The molecule has 4 aliphatic rings. The molecule has 9 heterocycles. The van der Waals surface area contributed by atoms with Gasteiger partial charge >= 0.3 is 0 Å². The summed E-state index contributed by atoms with van der Waals surface area (Å²) < 4.78 is 25.0. The quantitative estimate of drug-likeness (QED) is 0.108. The van der Waals surface area contributed by atoms with Crippen molar-refractivity contribution in [2.45, 2.75) is 74.5 Å². The molecule has 9 aromatic rings. The van der Waals surface area contributed by atoms with E-state index in [2.05, 4.69) is 30.6 Å². The van der Waals surface area contributed by atoms with Gasteiger partial charge in [-0.1, -0.05) is 83.2 Å². The Labute approximate surface area is 416 Å². The molecule has 0 aliphatic carbocycles. The highest BCUT2D eigenvalue weighted by Crippen LogP contribution is 2.40. The van der Waals surface area contributed by atoms with E-state index < -0.39 is 61.4 Å². The van der Waals surface area contributed by atoms with Crippen LogP contribution in [0.2, 0.25) is 0 Å². The Morgan fingerprint density at radius 3 is 1.16 bits per heavy atom. The lowest BCUT2D eigenvalue weighted by Crippen LogP contribution is -2.58. The summed E-state index contributed by atoms with van der Waals surface area (Å²) in [6.07, 6.45) is -10.3. The van der Waals surface area contributed by atoms with Crippen molar-refractivity contribution < 1.29 is 49.6 Å². The molecule has 8 N–H and O–H groups in total. The molecule has 8 bridgehead atoms. The summed E-state index contributed by atoms with van der Waals surface area (Å²) in [5.74, 6) is 1.64. The van der Waals surface area contributed by atoms with Crippen LogP contribution in [0.5, 0.6) is 0 Å². The fraction of sp³-hybridized carbons (Fsp3) is 0.280. The molecule has 0 unspecified atom stereocenters. The Morgan fingerprint density at radius 2 is 0.797 bits per heavy atom. The maximum absolute atomic E-state index is 10.9. The summed E-state index contributed by atoms with van der Waals surface area (Å²) in [5.41, 5.74) is 6.58. The molecule has 24 heteroatoms. The number of aromatic nitrogens is 14. The summed E-state index contributed by atoms with van der Waals surface area (Å²) in [6.45, 7) is -0.187. The second-order valence-corrected chi connectivity index (χ2v) is 18.3. The van der Waals surface area contributed by atoms with Gasteiger partial charge in [0.05, 0.1) is 25.5 Å². The van der Waals surface area contributed by atoms with E-state index in [0.29, 0.717) is 79.2 Å². The van der Waals surface area contributed by atoms with Crippen molar-refractivity contribution in [2.24, 2.45) is 0 Å². The molecule has 4 aliphatic heterocycles. The number of rotatable bonds is 8. The van der Waals surface area contributed by atoms with Crippen LogP contribution in [0.1, 0.15) is 0 Å². The summed E-state index contributed by atoms with van der Waals surface area (Å²) in [5, 5.41) is 84.8.